The summed E-state index contributed by atoms with van der Waals surface area (Å²) in [7, 11) is 0. The summed E-state index contributed by atoms with van der Waals surface area (Å²) >= 11 is 5.75. The standard InChI is InChI=1S/C10H10ClN3O3/c11-7-3-5(10(15)13-6-1-2-6)4-8(9(7)12)14(16)17/h3-4,6H,1-2,12H2,(H,13,15). The topological polar surface area (TPSA) is 98.3 Å². The maximum atomic E-state index is 11.7. The lowest BCUT2D eigenvalue weighted by molar-refractivity contribution is -0.383. The van der Waals surface area contributed by atoms with Crippen LogP contribution in [0.25, 0.3) is 0 Å². The molecule has 1 aromatic carbocycles. The number of benzene rings is 1. The first-order valence-electron chi connectivity index (χ1n) is 5.03. The minimum absolute atomic E-state index is 0.0140. The molecule has 1 aliphatic rings. The van der Waals surface area contributed by atoms with E-state index in [1.54, 1.807) is 0 Å². The van der Waals surface area contributed by atoms with E-state index in [0.29, 0.717) is 0 Å². The maximum absolute atomic E-state index is 11.7. The highest BCUT2D eigenvalue weighted by Gasteiger charge is 2.25. The molecule has 1 saturated carbocycles. The molecule has 0 atom stereocenters. The van der Waals surface area contributed by atoms with Crippen LogP contribution in [-0.2, 0) is 0 Å². The van der Waals surface area contributed by atoms with E-state index in [4.69, 9.17) is 17.3 Å². The molecule has 0 spiro atoms. The first kappa shape index (κ1) is 11.7. The zero-order valence-electron chi connectivity index (χ0n) is 8.77. The number of nitrogen functional groups attached to an aromatic ring is 1. The van der Waals surface area contributed by atoms with Gasteiger partial charge in [0.1, 0.15) is 5.69 Å². The van der Waals surface area contributed by atoms with Crippen LogP contribution >= 0.6 is 11.6 Å². The third-order valence-corrected chi connectivity index (χ3v) is 2.79. The fourth-order valence-electron chi connectivity index (χ4n) is 1.38. The summed E-state index contributed by atoms with van der Waals surface area (Å²) in [4.78, 5) is 21.8. The lowest BCUT2D eigenvalue weighted by Crippen LogP contribution is -2.25. The van der Waals surface area contributed by atoms with Gasteiger partial charge in [-0.3, -0.25) is 14.9 Å². The fraction of sp³-hybridized carbons (Fsp3) is 0.300. The van der Waals surface area contributed by atoms with Gasteiger partial charge in [0.2, 0.25) is 0 Å². The number of nitro groups is 1. The molecule has 2 rings (SSSR count). The first-order chi connectivity index (χ1) is 7.99. The highest BCUT2D eigenvalue weighted by atomic mass is 35.5. The third kappa shape index (κ3) is 2.47. The second kappa shape index (κ2) is 4.21. The van der Waals surface area contributed by atoms with Crippen molar-refractivity contribution >= 4 is 28.9 Å². The molecule has 6 nitrogen and oxygen atoms in total. The number of amides is 1. The van der Waals surface area contributed by atoms with E-state index >= 15 is 0 Å². The molecular formula is C10H10ClN3O3. The Labute approximate surface area is 102 Å². The van der Waals surface area contributed by atoms with Gasteiger partial charge in [-0.15, -0.1) is 0 Å². The number of halogens is 1. The lowest BCUT2D eigenvalue weighted by Gasteiger charge is -2.05. The number of nitrogens with one attached hydrogen (secondary N) is 1. The number of hydrogen-bond donors (Lipinski definition) is 2. The van der Waals surface area contributed by atoms with Gasteiger partial charge in [-0.25, -0.2) is 0 Å². The van der Waals surface area contributed by atoms with Gasteiger partial charge in [-0.1, -0.05) is 11.6 Å². The van der Waals surface area contributed by atoms with Crippen molar-refractivity contribution < 1.29 is 9.72 Å². The Bertz CT molecular complexity index is 500. The minimum Gasteiger partial charge on any atom is -0.392 e. The van der Waals surface area contributed by atoms with Gasteiger partial charge in [0.25, 0.3) is 11.6 Å². The molecule has 0 unspecified atom stereocenters. The van der Waals surface area contributed by atoms with E-state index in [-0.39, 0.29) is 33.9 Å². The molecule has 3 N–H and O–H groups in total. The van der Waals surface area contributed by atoms with Crippen LogP contribution < -0.4 is 11.1 Å². The zero-order chi connectivity index (χ0) is 12.6. The molecule has 1 fully saturated rings. The summed E-state index contributed by atoms with van der Waals surface area (Å²) in [6, 6.07) is 2.65. The second-order valence-electron chi connectivity index (χ2n) is 3.90. The van der Waals surface area contributed by atoms with Crippen LogP contribution in [0.1, 0.15) is 23.2 Å². The van der Waals surface area contributed by atoms with Crippen molar-refractivity contribution in [2.75, 3.05) is 5.73 Å². The molecule has 90 valence electrons. The van der Waals surface area contributed by atoms with Crippen molar-refractivity contribution in [3.8, 4) is 0 Å². The number of rotatable bonds is 3. The van der Waals surface area contributed by atoms with E-state index < -0.39 is 4.92 Å². The van der Waals surface area contributed by atoms with E-state index in [2.05, 4.69) is 5.32 Å². The largest absolute Gasteiger partial charge is 0.392 e. The van der Waals surface area contributed by atoms with Crippen molar-refractivity contribution in [3.63, 3.8) is 0 Å². The van der Waals surface area contributed by atoms with Crippen LogP contribution in [0.5, 0.6) is 0 Å². The smallest absolute Gasteiger partial charge is 0.294 e. The van der Waals surface area contributed by atoms with Crippen LogP contribution in [0.3, 0.4) is 0 Å². The first-order valence-corrected chi connectivity index (χ1v) is 5.41. The van der Waals surface area contributed by atoms with E-state index in [9.17, 15) is 14.9 Å². The molecule has 0 bridgehead atoms. The van der Waals surface area contributed by atoms with Gasteiger partial charge in [0, 0.05) is 17.7 Å². The second-order valence-corrected chi connectivity index (χ2v) is 4.30. The predicted molar refractivity (Wildman–Crippen MR) is 63.0 cm³/mol. The molecule has 0 saturated heterocycles. The van der Waals surface area contributed by atoms with Gasteiger partial charge >= 0.3 is 0 Å². The van der Waals surface area contributed by atoms with Gasteiger partial charge in [-0.05, 0) is 18.9 Å². The number of nitro benzene ring substituents is 1. The quantitative estimate of drug-likeness (QED) is 0.488. The van der Waals surface area contributed by atoms with E-state index in [0.717, 1.165) is 18.9 Å². The fourth-order valence-corrected chi connectivity index (χ4v) is 1.60. The van der Waals surface area contributed by atoms with Crippen LogP contribution in [0.15, 0.2) is 12.1 Å². The van der Waals surface area contributed by atoms with Gasteiger partial charge in [-0.2, -0.15) is 0 Å². The summed E-state index contributed by atoms with van der Waals surface area (Å²) < 4.78 is 0. The Balaban J connectivity index is 2.33. The number of hydrogen-bond acceptors (Lipinski definition) is 4. The van der Waals surface area contributed by atoms with Crippen molar-refractivity contribution in [1.82, 2.24) is 5.32 Å². The number of nitrogens with two attached hydrogens (primary N) is 1. The average molecular weight is 256 g/mol. The van der Waals surface area contributed by atoms with Crippen LogP contribution in [0.2, 0.25) is 5.02 Å². The van der Waals surface area contributed by atoms with Crippen molar-refractivity contribution in [2.45, 2.75) is 18.9 Å². The number of nitrogens with zero attached hydrogens (tertiary/aromatic N) is 1. The molecule has 0 radical (unpaired) electrons. The molecule has 1 aliphatic carbocycles. The monoisotopic (exact) mass is 255 g/mol. The zero-order valence-corrected chi connectivity index (χ0v) is 9.53. The Kier molecular flexibility index (Phi) is 2.89. The predicted octanol–water partition coefficient (Wildman–Crippen LogP) is 1.72. The summed E-state index contributed by atoms with van der Waals surface area (Å²) in [6.07, 6.45) is 1.88. The highest BCUT2D eigenvalue weighted by Crippen LogP contribution is 2.31. The Morgan fingerprint density at radius 1 is 1.53 bits per heavy atom. The van der Waals surface area contributed by atoms with Gasteiger partial charge in [0.05, 0.1) is 9.95 Å². The molecule has 0 aliphatic heterocycles. The molecule has 17 heavy (non-hydrogen) atoms. The van der Waals surface area contributed by atoms with Gasteiger partial charge in [0.15, 0.2) is 0 Å². The van der Waals surface area contributed by atoms with E-state index in [1.165, 1.54) is 6.07 Å². The molecule has 0 heterocycles. The maximum Gasteiger partial charge on any atom is 0.294 e. The van der Waals surface area contributed by atoms with Crippen LogP contribution in [-0.4, -0.2) is 16.9 Å². The SMILES string of the molecule is Nc1c(Cl)cc(C(=O)NC2CC2)cc1[N+](=O)[O-]. The Morgan fingerprint density at radius 3 is 2.71 bits per heavy atom. The average Bonchev–Trinajstić information content (AvgIpc) is 3.05. The number of anilines is 1. The van der Waals surface area contributed by atoms with E-state index in [1.807, 2.05) is 0 Å². The summed E-state index contributed by atoms with van der Waals surface area (Å²) in [6.45, 7) is 0. The molecule has 1 amide bonds. The normalized spacial score (nSPS) is 14.4. The number of carbonyl (C=O) groups is 1. The van der Waals surface area contributed by atoms with Gasteiger partial charge < -0.3 is 11.1 Å². The molecule has 1 aromatic rings. The minimum atomic E-state index is -0.658. The summed E-state index contributed by atoms with van der Waals surface area (Å²) in [5.41, 5.74) is 5.14. The molecular weight excluding hydrogens is 246 g/mol. The van der Waals surface area contributed by atoms with Crippen molar-refractivity contribution in [2.24, 2.45) is 0 Å². The molecule has 7 heteroatoms. The lowest BCUT2D eigenvalue weighted by atomic mass is 10.1. The summed E-state index contributed by atoms with van der Waals surface area (Å²) in [5, 5.41) is 13.5. The van der Waals surface area contributed by atoms with Crippen LogP contribution in [0.4, 0.5) is 11.4 Å². The number of carbonyl (C=O) groups excluding carboxylic acids is 1. The molecule has 0 aromatic heterocycles. The Hall–Kier alpha value is -1.82. The highest BCUT2D eigenvalue weighted by molar-refractivity contribution is 6.34. The third-order valence-electron chi connectivity index (χ3n) is 2.48. The van der Waals surface area contributed by atoms with Crippen molar-refractivity contribution in [3.05, 3.63) is 32.8 Å². The van der Waals surface area contributed by atoms with Crippen molar-refractivity contribution in [1.29, 1.82) is 0 Å². The Morgan fingerprint density at radius 2 is 2.18 bits per heavy atom. The summed E-state index contributed by atoms with van der Waals surface area (Å²) in [5.74, 6) is -0.363. The van der Waals surface area contributed by atoms with Crippen LogP contribution in [0, 0.1) is 10.1 Å².